The van der Waals surface area contributed by atoms with Crippen molar-refractivity contribution in [3.8, 4) is 23.0 Å². The summed E-state index contributed by atoms with van der Waals surface area (Å²) >= 11 is 0. The van der Waals surface area contributed by atoms with Crippen LogP contribution < -0.4 is 24.3 Å². The van der Waals surface area contributed by atoms with Gasteiger partial charge in [-0.2, -0.15) is 0 Å². The molecule has 1 atom stereocenters. The van der Waals surface area contributed by atoms with Crippen LogP contribution in [0.2, 0.25) is 0 Å². The fourth-order valence-corrected chi connectivity index (χ4v) is 3.97. The van der Waals surface area contributed by atoms with Gasteiger partial charge in [-0.1, -0.05) is 42.5 Å². The number of ether oxygens (including phenoxy) is 4. The van der Waals surface area contributed by atoms with Crippen LogP contribution >= 0.6 is 0 Å². The number of hydrogen-bond donors (Lipinski definition) is 1. The molecule has 1 N–H and O–H groups in total. The maximum atomic E-state index is 14.6. The van der Waals surface area contributed by atoms with Crippen LogP contribution in [0.4, 0.5) is 4.39 Å². The molecule has 0 aromatic heterocycles. The number of benzene rings is 3. The summed E-state index contributed by atoms with van der Waals surface area (Å²) in [5, 5.41) is 3.48. The normalized spacial score (nSPS) is 15.2. The van der Waals surface area contributed by atoms with E-state index < -0.39 is 0 Å². The van der Waals surface area contributed by atoms with E-state index >= 15 is 0 Å². The van der Waals surface area contributed by atoms with Crippen LogP contribution in [0.3, 0.4) is 0 Å². The van der Waals surface area contributed by atoms with Crippen molar-refractivity contribution in [2.24, 2.45) is 0 Å². The van der Waals surface area contributed by atoms with Crippen LogP contribution in [0.15, 0.2) is 60.7 Å². The molecule has 0 amide bonds. The minimum atomic E-state index is -0.373. The fourth-order valence-electron chi connectivity index (χ4n) is 3.97. The highest BCUT2D eigenvalue weighted by Gasteiger charge is 2.21. The largest absolute Gasteiger partial charge is 0.493 e. The average molecular weight is 450 g/mol. The van der Waals surface area contributed by atoms with Gasteiger partial charge in [0.2, 0.25) is 0 Å². The van der Waals surface area contributed by atoms with Crippen LogP contribution in [0.1, 0.15) is 28.3 Å². The first kappa shape index (κ1) is 22.7. The molecule has 4 rings (SSSR count). The summed E-state index contributed by atoms with van der Waals surface area (Å²) in [7, 11) is 4.66. The maximum absolute atomic E-state index is 14.6. The van der Waals surface area contributed by atoms with Gasteiger partial charge in [-0.3, -0.25) is 0 Å². The molecule has 0 radical (unpaired) electrons. The SMILES string of the molecule is COc1cc(F)c(C=CC2NCCc3cc(OCc4ccccc4)c(OC)cc32)cc1OC. The molecule has 1 aliphatic rings. The lowest BCUT2D eigenvalue weighted by molar-refractivity contribution is 0.283. The highest BCUT2D eigenvalue weighted by molar-refractivity contribution is 5.59. The van der Waals surface area contributed by atoms with Crippen LogP contribution in [0.5, 0.6) is 23.0 Å². The monoisotopic (exact) mass is 449 g/mol. The second kappa shape index (κ2) is 10.4. The predicted molar refractivity (Wildman–Crippen MR) is 127 cm³/mol. The molecule has 1 unspecified atom stereocenters. The Labute approximate surface area is 193 Å². The molecule has 0 saturated heterocycles. The van der Waals surface area contributed by atoms with Crippen molar-refractivity contribution in [1.29, 1.82) is 0 Å². The Morgan fingerprint density at radius 3 is 2.33 bits per heavy atom. The first-order valence-electron chi connectivity index (χ1n) is 10.8. The zero-order valence-corrected chi connectivity index (χ0v) is 19.1. The van der Waals surface area contributed by atoms with Gasteiger partial charge in [0.15, 0.2) is 23.0 Å². The Bertz CT molecular complexity index is 1130. The topological polar surface area (TPSA) is 49.0 Å². The van der Waals surface area contributed by atoms with Crippen LogP contribution in [-0.2, 0) is 13.0 Å². The Kier molecular flexibility index (Phi) is 7.15. The van der Waals surface area contributed by atoms with Crippen molar-refractivity contribution in [1.82, 2.24) is 5.32 Å². The average Bonchev–Trinajstić information content (AvgIpc) is 2.86. The number of fused-ring (bicyclic) bond motifs is 1. The first-order chi connectivity index (χ1) is 16.1. The molecular formula is C27H28FNO4. The Hall–Kier alpha value is -3.51. The lowest BCUT2D eigenvalue weighted by Crippen LogP contribution is -2.28. The molecule has 3 aromatic carbocycles. The van der Waals surface area contributed by atoms with Crippen molar-refractivity contribution in [3.63, 3.8) is 0 Å². The Balaban J connectivity index is 1.58. The van der Waals surface area contributed by atoms with E-state index in [1.807, 2.05) is 42.5 Å². The van der Waals surface area contributed by atoms with E-state index in [1.54, 1.807) is 19.3 Å². The van der Waals surface area contributed by atoms with Gasteiger partial charge in [0.1, 0.15) is 12.4 Å². The van der Waals surface area contributed by atoms with E-state index in [9.17, 15) is 4.39 Å². The number of hydrogen-bond acceptors (Lipinski definition) is 5. The second-order valence-electron chi connectivity index (χ2n) is 7.75. The van der Waals surface area contributed by atoms with Gasteiger partial charge in [-0.25, -0.2) is 4.39 Å². The minimum Gasteiger partial charge on any atom is -0.493 e. The van der Waals surface area contributed by atoms with Gasteiger partial charge in [-0.05, 0) is 41.3 Å². The minimum absolute atomic E-state index is 0.0849. The summed E-state index contributed by atoms with van der Waals surface area (Å²) in [4.78, 5) is 0. The molecule has 5 nitrogen and oxygen atoms in total. The van der Waals surface area contributed by atoms with Crippen molar-refractivity contribution in [3.05, 3.63) is 88.7 Å². The zero-order valence-electron chi connectivity index (χ0n) is 19.1. The smallest absolute Gasteiger partial charge is 0.163 e. The van der Waals surface area contributed by atoms with E-state index in [0.717, 1.165) is 29.8 Å². The Morgan fingerprint density at radius 1 is 0.909 bits per heavy atom. The van der Waals surface area contributed by atoms with E-state index in [-0.39, 0.29) is 11.9 Å². The molecule has 0 spiro atoms. The third-order valence-corrected chi connectivity index (χ3v) is 5.73. The van der Waals surface area contributed by atoms with Crippen molar-refractivity contribution in [2.45, 2.75) is 19.1 Å². The zero-order chi connectivity index (χ0) is 23.2. The van der Waals surface area contributed by atoms with Crippen LogP contribution in [0.25, 0.3) is 6.08 Å². The lowest BCUT2D eigenvalue weighted by Gasteiger charge is -2.26. The molecular weight excluding hydrogens is 421 g/mol. The van der Waals surface area contributed by atoms with Crippen LogP contribution in [-0.4, -0.2) is 27.9 Å². The van der Waals surface area contributed by atoms with Crippen molar-refractivity contribution < 1.29 is 23.3 Å². The van der Waals surface area contributed by atoms with Crippen molar-refractivity contribution >= 4 is 6.08 Å². The van der Waals surface area contributed by atoms with Gasteiger partial charge in [0.25, 0.3) is 0 Å². The molecule has 6 heteroatoms. The summed E-state index contributed by atoms with van der Waals surface area (Å²) in [5.41, 5.74) is 3.79. The number of rotatable bonds is 8. The molecule has 0 aliphatic carbocycles. The maximum Gasteiger partial charge on any atom is 0.163 e. The summed E-state index contributed by atoms with van der Waals surface area (Å²) in [5.74, 6) is 1.86. The molecule has 172 valence electrons. The highest BCUT2D eigenvalue weighted by Crippen LogP contribution is 2.37. The second-order valence-corrected chi connectivity index (χ2v) is 7.75. The molecule has 3 aromatic rings. The van der Waals surface area contributed by atoms with E-state index in [1.165, 1.54) is 25.8 Å². The summed E-state index contributed by atoms with van der Waals surface area (Å²) in [6, 6.07) is 17.0. The van der Waals surface area contributed by atoms with Crippen LogP contribution in [0, 0.1) is 5.82 Å². The first-order valence-corrected chi connectivity index (χ1v) is 10.8. The highest BCUT2D eigenvalue weighted by atomic mass is 19.1. The van der Waals surface area contributed by atoms with Gasteiger partial charge < -0.3 is 24.3 Å². The molecule has 1 heterocycles. The van der Waals surface area contributed by atoms with E-state index in [2.05, 4.69) is 11.4 Å². The molecule has 0 bridgehead atoms. The standard InChI is InChI=1S/C27H28FNO4/c1-30-24-14-20(22(28)16-26(24)32-3)9-10-23-21-15-25(31-2)27(13-19(21)11-12-29-23)33-17-18-7-5-4-6-8-18/h4-10,13-16,23,29H,11-12,17H2,1-3H3. The summed E-state index contributed by atoms with van der Waals surface area (Å²) in [6.07, 6.45) is 4.58. The van der Waals surface area contributed by atoms with E-state index in [4.69, 9.17) is 18.9 Å². The molecule has 0 saturated carbocycles. The van der Waals surface area contributed by atoms with Crippen molar-refractivity contribution in [2.75, 3.05) is 27.9 Å². The van der Waals surface area contributed by atoms with Gasteiger partial charge >= 0.3 is 0 Å². The number of nitrogens with one attached hydrogen (secondary N) is 1. The fraction of sp³-hybridized carbons (Fsp3) is 0.259. The Morgan fingerprint density at radius 2 is 1.61 bits per heavy atom. The summed E-state index contributed by atoms with van der Waals surface area (Å²) in [6.45, 7) is 1.27. The lowest BCUT2D eigenvalue weighted by atomic mass is 9.93. The molecule has 1 aliphatic heterocycles. The van der Waals surface area contributed by atoms with E-state index in [0.29, 0.717) is 29.4 Å². The quantitative estimate of drug-likeness (QED) is 0.504. The third kappa shape index (κ3) is 5.12. The number of halogens is 1. The van der Waals surface area contributed by atoms with Gasteiger partial charge in [-0.15, -0.1) is 0 Å². The molecule has 33 heavy (non-hydrogen) atoms. The predicted octanol–water partition coefficient (Wildman–Crippen LogP) is 5.33. The summed E-state index contributed by atoms with van der Waals surface area (Å²) < 4.78 is 36.7. The van der Waals surface area contributed by atoms with Gasteiger partial charge in [0, 0.05) is 18.2 Å². The van der Waals surface area contributed by atoms with Gasteiger partial charge in [0.05, 0.1) is 27.4 Å². The number of methoxy groups -OCH3 is 3. The third-order valence-electron chi connectivity index (χ3n) is 5.73. The molecule has 0 fully saturated rings.